The van der Waals surface area contributed by atoms with Gasteiger partial charge >= 0.3 is 0 Å². The van der Waals surface area contributed by atoms with Gasteiger partial charge in [0.05, 0.1) is 6.42 Å². The van der Waals surface area contributed by atoms with E-state index in [0.29, 0.717) is 11.4 Å². The van der Waals surface area contributed by atoms with Gasteiger partial charge in [-0.3, -0.25) is 9.59 Å². The lowest BCUT2D eigenvalue weighted by atomic mass is 10.0. The fourth-order valence-corrected chi connectivity index (χ4v) is 3.84. The summed E-state index contributed by atoms with van der Waals surface area (Å²) in [5.74, 6) is 0.104. The molecule has 0 aromatic heterocycles. The molecule has 2 aromatic rings. The summed E-state index contributed by atoms with van der Waals surface area (Å²) in [6.07, 6.45) is 3.40. The molecule has 1 heterocycles. The average molecular weight is 385 g/mol. The lowest BCUT2D eigenvalue weighted by molar-refractivity contribution is -0.117. The number of hydrogen-bond donors (Lipinski definition) is 1. The fraction of sp³-hybridized carbons (Fsp3) is 0.364. The Labute approximate surface area is 165 Å². The molecule has 0 saturated carbocycles. The zero-order chi connectivity index (χ0) is 19.4. The Morgan fingerprint density at radius 1 is 1.11 bits per heavy atom. The third kappa shape index (κ3) is 4.33. The van der Waals surface area contributed by atoms with E-state index in [4.69, 9.17) is 11.6 Å². The van der Waals surface area contributed by atoms with Crippen LogP contribution >= 0.6 is 11.6 Å². The molecule has 142 valence electrons. The summed E-state index contributed by atoms with van der Waals surface area (Å²) in [6.45, 7) is 4.87. The molecule has 0 spiro atoms. The Bertz CT molecular complexity index is 846. The molecule has 5 heteroatoms. The number of benzene rings is 2. The molecular weight excluding hydrogens is 360 g/mol. The SMILES string of the molecule is CCc1ccc(Cl)c(CC)c1NC(=O)Cc1ccc(N2CCCC2=O)cc1. The first-order valence-corrected chi connectivity index (χ1v) is 9.90. The molecule has 0 atom stereocenters. The van der Waals surface area contributed by atoms with E-state index >= 15 is 0 Å². The van der Waals surface area contributed by atoms with Crippen molar-refractivity contribution in [2.24, 2.45) is 0 Å². The van der Waals surface area contributed by atoms with Crippen LogP contribution in [0.15, 0.2) is 36.4 Å². The first-order valence-electron chi connectivity index (χ1n) is 9.52. The Morgan fingerprint density at radius 3 is 2.44 bits per heavy atom. The van der Waals surface area contributed by atoms with Gasteiger partial charge in [-0.05, 0) is 54.2 Å². The topological polar surface area (TPSA) is 49.4 Å². The van der Waals surface area contributed by atoms with Crippen molar-refractivity contribution >= 4 is 34.8 Å². The van der Waals surface area contributed by atoms with E-state index in [9.17, 15) is 9.59 Å². The van der Waals surface area contributed by atoms with Gasteiger partial charge in [0.1, 0.15) is 0 Å². The number of anilines is 2. The molecule has 1 fully saturated rings. The minimum Gasteiger partial charge on any atom is -0.325 e. The molecule has 1 saturated heterocycles. The lowest BCUT2D eigenvalue weighted by Crippen LogP contribution is -2.23. The Kier molecular flexibility index (Phi) is 6.17. The molecule has 1 aliphatic rings. The monoisotopic (exact) mass is 384 g/mol. The van der Waals surface area contributed by atoms with Crippen LogP contribution in [0.3, 0.4) is 0 Å². The van der Waals surface area contributed by atoms with Crippen molar-refractivity contribution < 1.29 is 9.59 Å². The van der Waals surface area contributed by atoms with Crippen molar-refractivity contribution in [1.29, 1.82) is 0 Å². The molecular formula is C22H25ClN2O2. The van der Waals surface area contributed by atoms with Gasteiger partial charge < -0.3 is 10.2 Å². The molecule has 4 nitrogen and oxygen atoms in total. The van der Waals surface area contributed by atoms with Crippen LogP contribution in [0.2, 0.25) is 5.02 Å². The molecule has 0 radical (unpaired) electrons. The second kappa shape index (κ2) is 8.57. The van der Waals surface area contributed by atoms with Crippen LogP contribution in [-0.4, -0.2) is 18.4 Å². The maximum atomic E-state index is 12.6. The molecule has 27 heavy (non-hydrogen) atoms. The molecule has 1 N–H and O–H groups in total. The number of hydrogen-bond acceptors (Lipinski definition) is 2. The maximum Gasteiger partial charge on any atom is 0.228 e. The minimum absolute atomic E-state index is 0.0633. The fourth-order valence-electron chi connectivity index (χ4n) is 3.55. The van der Waals surface area contributed by atoms with E-state index < -0.39 is 0 Å². The Balaban J connectivity index is 1.71. The van der Waals surface area contributed by atoms with E-state index in [2.05, 4.69) is 12.2 Å². The minimum atomic E-state index is -0.0633. The van der Waals surface area contributed by atoms with Gasteiger partial charge in [-0.15, -0.1) is 0 Å². The quantitative estimate of drug-likeness (QED) is 0.779. The summed E-state index contributed by atoms with van der Waals surface area (Å²) in [7, 11) is 0. The van der Waals surface area contributed by atoms with Gasteiger partial charge in [0.2, 0.25) is 11.8 Å². The van der Waals surface area contributed by atoms with E-state index in [1.807, 2.05) is 43.3 Å². The molecule has 0 unspecified atom stereocenters. The summed E-state index contributed by atoms with van der Waals surface area (Å²) < 4.78 is 0. The highest BCUT2D eigenvalue weighted by atomic mass is 35.5. The highest BCUT2D eigenvalue weighted by molar-refractivity contribution is 6.32. The third-order valence-corrected chi connectivity index (χ3v) is 5.38. The van der Waals surface area contributed by atoms with Crippen molar-refractivity contribution in [2.75, 3.05) is 16.8 Å². The molecule has 0 aliphatic carbocycles. The predicted octanol–water partition coefficient (Wildman–Crippen LogP) is 4.77. The number of nitrogens with zero attached hydrogens (tertiary/aromatic N) is 1. The third-order valence-electron chi connectivity index (χ3n) is 5.03. The molecule has 3 rings (SSSR count). The van der Waals surface area contributed by atoms with Crippen molar-refractivity contribution in [3.8, 4) is 0 Å². The molecule has 2 aromatic carbocycles. The number of nitrogens with one attached hydrogen (secondary N) is 1. The zero-order valence-electron chi connectivity index (χ0n) is 15.8. The van der Waals surface area contributed by atoms with Crippen molar-refractivity contribution in [2.45, 2.75) is 46.0 Å². The summed E-state index contributed by atoms with van der Waals surface area (Å²) in [5, 5.41) is 3.74. The maximum absolute atomic E-state index is 12.6. The van der Waals surface area contributed by atoms with Crippen LogP contribution < -0.4 is 10.2 Å². The highest BCUT2D eigenvalue weighted by Crippen LogP contribution is 2.30. The summed E-state index contributed by atoms with van der Waals surface area (Å²) in [6, 6.07) is 11.5. The average Bonchev–Trinajstić information content (AvgIpc) is 3.09. The van der Waals surface area contributed by atoms with Crippen LogP contribution in [0.5, 0.6) is 0 Å². The van der Waals surface area contributed by atoms with E-state index in [1.54, 1.807) is 4.90 Å². The van der Waals surface area contributed by atoms with E-state index in [0.717, 1.165) is 53.9 Å². The standard InChI is InChI=1S/C22H25ClN2O2/c1-3-16-9-12-19(23)18(4-2)22(16)24-20(26)14-15-7-10-17(11-8-15)25-13-5-6-21(25)27/h7-12H,3-6,13-14H2,1-2H3,(H,24,26). The second-order valence-corrected chi connectivity index (χ2v) is 7.21. The summed E-state index contributed by atoms with van der Waals surface area (Å²) >= 11 is 6.31. The first-order chi connectivity index (χ1) is 13.0. The number of carbonyl (C=O) groups is 2. The van der Waals surface area contributed by atoms with Crippen LogP contribution in [0.4, 0.5) is 11.4 Å². The van der Waals surface area contributed by atoms with Crippen molar-refractivity contribution in [1.82, 2.24) is 0 Å². The van der Waals surface area contributed by atoms with E-state index in [1.165, 1.54) is 0 Å². The predicted molar refractivity (Wildman–Crippen MR) is 111 cm³/mol. The number of rotatable bonds is 6. The number of carbonyl (C=O) groups excluding carboxylic acids is 2. The molecule has 1 aliphatic heterocycles. The van der Waals surface area contributed by atoms with Gasteiger partial charge in [0.15, 0.2) is 0 Å². The normalized spacial score (nSPS) is 13.9. The number of amides is 2. The van der Waals surface area contributed by atoms with E-state index in [-0.39, 0.29) is 18.2 Å². The first kappa shape index (κ1) is 19.4. The summed E-state index contributed by atoms with van der Waals surface area (Å²) in [4.78, 5) is 26.2. The smallest absolute Gasteiger partial charge is 0.228 e. The van der Waals surface area contributed by atoms with Crippen molar-refractivity contribution in [3.63, 3.8) is 0 Å². The Hall–Kier alpha value is -2.33. The van der Waals surface area contributed by atoms with Gasteiger partial charge in [0, 0.05) is 29.4 Å². The zero-order valence-corrected chi connectivity index (χ0v) is 16.6. The van der Waals surface area contributed by atoms with Crippen LogP contribution in [0.1, 0.15) is 43.4 Å². The van der Waals surface area contributed by atoms with Crippen LogP contribution in [-0.2, 0) is 28.9 Å². The summed E-state index contributed by atoms with van der Waals surface area (Å²) in [5.41, 5.74) is 4.73. The van der Waals surface area contributed by atoms with Crippen molar-refractivity contribution in [3.05, 3.63) is 58.1 Å². The molecule has 2 amide bonds. The molecule has 0 bridgehead atoms. The highest BCUT2D eigenvalue weighted by Gasteiger charge is 2.21. The lowest BCUT2D eigenvalue weighted by Gasteiger charge is -2.17. The van der Waals surface area contributed by atoms with Gasteiger partial charge in [-0.1, -0.05) is 43.6 Å². The second-order valence-electron chi connectivity index (χ2n) is 6.81. The van der Waals surface area contributed by atoms with Gasteiger partial charge in [0.25, 0.3) is 0 Å². The largest absolute Gasteiger partial charge is 0.325 e. The van der Waals surface area contributed by atoms with Crippen LogP contribution in [0.25, 0.3) is 0 Å². The number of halogens is 1. The Morgan fingerprint density at radius 2 is 1.85 bits per heavy atom. The number of aryl methyl sites for hydroxylation is 1. The van der Waals surface area contributed by atoms with Crippen LogP contribution in [0, 0.1) is 0 Å². The van der Waals surface area contributed by atoms with Gasteiger partial charge in [-0.25, -0.2) is 0 Å². The van der Waals surface area contributed by atoms with Gasteiger partial charge in [-0.2, -0.15) is 0 Å².